The molecule has 1 heterocycles. The molecule has 0 spiro atoms. The Labute approximate surface area is 164 Å². The number of amides is 1. The monoisotopic (exact) mass is 374 g/mol. The summed E-state index contributed by atoms with van der Waals surface area (Å²) in [5.41, 5.74) is 4.38. The topological polar surface area (TPSA) is 50.8 Å². The Hall–Kier alpha value is -3.47. The predicted molar refractivity (Wildman–Crippen MR) is 110 cm³/mol. The van der Waals surface area contributed by atoms with E-state index in [-0.39, 0.29) is 12.1 Å². The Morgan fingerprint density at radius 3 is 2.21 bits per heavy atom. The summed E-state index contributed by atoms with van der Waals surface area (Å²) in [6, 6.07) is 21.2. The molecule has 3 aromatic carbocycles. The fourth-order valence-electron chi connectivity index (χ4n) is 3.59. The van der Waals surface area contributed by atoms with Gasteiger partial charge in [-0.2, -0.15) is 0 Å². The highest BCUT2D eigenvalue weighted by molar-refractivity contribution is 6.11. The van der Waals surface area contributed by atoms with Crippen molar-refractivity contribution < 1.29 is 14.3 Å². The summed E-state index contributed by atoms with van der Waals surface area (Å²) in [5, 5.41) is 3.50. The van der Waals surface area contributed by atoms with Gasteiger partial charge in [-0.25, -0.2) is 0 Å². The second-order valence-electron chi connectivity index (χ2n) is 6.70. The number of fused-ring (bicyclic) bond motifs is 1. The van der Waals surface area contributed by atoms with E-state index >= 15 is 0 Å². The van der Waals surface area contributed by atoms with Crippen molar-refractivity contribution in [2.75, 3.05) is 24.4 Å². The highest BCUT2D eigenvalue weighted by atomic mass is 16.5. The molecule has 0 radical (unpaired) electrons. The average Bonchev–Trinajstić information content (AvgIpc) is 3.00. The average molecular weight is 374 g/mol. The maximum absolute atomic E-state index is 13.2. The summed E-state index contributed by atoms with van der Waals surface area (Å²) < 4.78 is 10.8. The van der Waals surface area contributed by atoms with E-state index in [2.05, 4.69) is 5.32 Å². The van der Waals surface area contributed by atoms with Crippen LogP contribution in [0, 0.1) is 6.92 Å². The van der Waals surface area contributed by atoms with Crippen molar-refractivity contribution in [2.45, 2.75) is 13.1 Å². The summed E-state index contributed by atoms with van der Waals surface area (Å²) in [6.07, 6.45) is -0.332. The first-order chi connectivity index (χ1) is 13.6. The number of para-hydroxylation sites is 1. The molecule has 1 aliphatic rings. The van der Waals surface area contributed by atoms with Gasteiger partial charge >= 0.3 is 0 Å². The van der Waals surface area contributed by atoms with E-state index in [1.54, 1.807) is 14.2 Å². The molecule has 0 fully saturated rings. The van der Waals surface area contributed by atoms with E-state index in [0.717, 1.165) is 22.5 Å². The van der Waals surface area contributed by atoms with Gasteiger partial charge in [-0.15, -0.1) is 0 Å². The van der Waals surface area contributed by atoms with Crippen molar-refractivity contribution >= 4 is 17.3 Å². The second kappa shape index (κ2) is 7.27. The number of nitrogens with one attached hydrogen (secondary N) is 1. The Morgan fingerprint density at radius 2 is 1.54 bits per heavy atom. The van der Waals surface area contributed by atoms with Crippen LogP contribution in [0.4, 0.5) is 11.4 Å². The van der Waals surface area contributed by atoms with Gasteiger partial charge in [-0.3, -0.25) is 9.69 Å². The Kier molecular flexibility index (Phi) is 4.65. The zero-order valence-corrected chi connectivity index (χ0v) is 16.1. The molecule has 5 nitrogen and oxygen atoms in total. The molecular formula is C23H22N2O3. The summed E-state index contributed by atoms with van der Waals surface area (Å²) in [5.74, 6) is 1.35. The van der Waals surface area contributed by atoms with Gasteiger partial charge in [0.1, 0.15) is 17.7 Å². The van der Waals surface area contributed by atoms with Crippen LogP contribution >= 0.6 is 0 Å². The minimum absolute atomic E-state index is 0.0164. The first kappa shape index (κ1) is 17.9. The molecule has 1 unspecified atom stereocenters. The van der Waals surface area contributed by atoms with Crippen LogP contribution in [-0.2, 0) is 0 Å². The number of methoxy groups -OCH3 is 2. The van der Waals surface area contributed by atoms with E-state index < -0.39 is 0 Å². The van der Waals surface area contributed by atoms with E-state index in [1.165, 1.54) is 0 Å². The molecule has 0 bridgehead atoms. The minimum atomic E-state index is -0.332. The van der Waals surface area contributed by atoms with Crippen LogP contribution in [0.25, 0.3) is 0 Å². The standard InChI is InChI=1S/C23H22N2O3/c1-15-8-4-7-11-21(15)25-22(19-9-5-6-10-20(19)23(25)26)24-16-12-17(27-2)14-18(13-16)28-3/h4-14,22,24H,1-3H3. The fourth-order valence-corrected chi connectivity index (χ4v) is 3.59. The summed E-state index contributed by atoms with van der Waals surface area (Å²) in [4.78, 5) is 15.0. The van der Waals surface area contributed by atoms with Crippen molar-refractivity contribution in [1.82, 2.24) is 0 Å². The molecular weight excluding hydrogens is 352 g/mol. The largest absolute Gasteiger partial charge is 0.497 e. The molecule has 0 saturated carbocycles. The lowest BCUT2D eigenvalue weighted by molar-refractivity contribution is 0.0993. The van der Waals surface area contributed by atoms with Crippen molar-refractivity contribution in [3.05, 3.63) is 83.4 Å². The minimum Gasteiger partial charge on any atom is -0.497 e. The van der Waals surface area contributed by atoms with Gasteiger partial charge < -0.3 is 14.8 Å². The Balaban J connectivity index is 1.80. The number of anilines is 2. The lowest BCUT2D eigenvalue weighted by Crippen LogP contribution is -2.32. The third kappa shape index (κ3) is 3.05. The number of aryl methyl sites for hydroxylation is 1. The van der Waals surface area contributed by atoms with Crippen molar-refractivity contribution in [2.24, 2.45) is 0 Å². The number of carbonyl (C=O) groups excluding carboxylic acids is 1. The fraction of sp³-hybridized carbons (Fsp3) is 0.174. The van der Waals surface area contributed by atoms with Gasteiger partial charge in [0.2, 0.25) is 0 Å². The number of benzene rings is 3. The number of hydrogen-bond donors (Lipinski definition) is 1. The third-order valence-electron chi connectivity index (χ3n) is 4.99. The summed E-state index contributed by atoms with van der Waals surface area (Å²) in [6.45, 7) is 2.01. The van der Waals surface area contributed by atoms with E-state index in [9.17, 15) is 4.79 Å². The smallest absolute Gasteiger partial charge is 0.260 e. The van der Waals surface area contributed by atoms with Gasteiger partial charge in [0.05, 0.1) is 14.2 Å². The highest BCUT2D eigenvalue weighted by Crippen LogP contribution is 2.40. The molecule has 4 rings (SSSR count). The zero-order chi connectivity index (χ0) is 19.7. The molecule has 1 amide bonds. The first-order valence-corrected chi connectivity index (χ1v) is 9.10. The SMILES string of the molecule is COc1cc(NC2c3ccccc3C(=O)N2c2ccccc2C)cc(OC)c1. The van der Waals surface area contributed by atoms with Crippen LogP contribution in [0.5, 0.6) is 11.5 Å². The number of ether oxygens (including phenoxy) is 2. The van der Waals surface area contributed by atoms with Gasteiger partial charge in [0.25, 0.3) is 5.91 Å². The van der Waals surface area contributed by atoms with Crippen LogP contribution in [0.1, 0.15) is 27.7 Å². The molecule has 0 aliphatic carbocycles. The summed E-state index contributed by atoms with van der Waals surface area (Å²) >= 11 is 0. The van der Waals surface area contributed by atoms with Crippen LogP contribution in [0.15, 0.2) is 66.7 Å². The molecule has 0 aromatic heterocycles. The van der Waals surface area contributed by atoms with E-state index in [1.807, 2.05) is 78.6 Å². The van der Waals surface area contributed by atoms with Gasteiger partial charge in [-0.05, 0) is 24.6 Å². The molecule has 1 N–H and O–H groups in total. The number of nitrogens with zero attached hydrogens (tertiary/aromatic N) is 1. The van der Waals surface area contributed by atoms with E-state index in [4.69, 9.17) is 9.47 Å². The van der Waals surface area contributed by atoms with E-state index in [0.29, 0.717) is 17.1 Å². The van der Waals surface area contributed by atoms with Gasteiger partial charge in [0, 0.05) is 40.7 Å². The van der Waals surface area contributed by atoms with Crippen molar-refractivity contribution in [3.8, 4) is 11.5 Å². The van der Waals surface area contributed by atoms with Gasteiger partial charge in [-0.1, -0.05) is 36.4 Å². The lowest BCUT2D eigenvalue weighted by Gasteiger charge is -2.28. The maximum Gasteiger partial charge on any atom is 0.260 e. The molecule has 28 heavy (non-hydrogen) atoms. The van der Waals surface area contributed by atoms with Crippen LogP contribution in [0.3, 0.4) is 0 Å². The van der Waals surface area contributed by atoms with Crippen molar-refractivity contribution in [3.63, 3.8) is 0 Å². The molecule has 3 aromatic rings. The second-order valence-corrected chi connectivity index (χ2v) is 6.70. The summed E-state index contributed by atoms with van der Waals surface area (Å²) in [7, 11) is 3.24. The molecule has 1 aliphatic heterocycles. The quantitative estimate of drug-likeness (QED) is 0.698. The van der Waals surface area contributed by atoms with Crippen LogP contribution in [0.2, 0.25) is 0 Å². The van der Waals surface area contributed by atoms with Crippen molar-refractivity contribution in [1.29, 1.82) is 0 Å². The molecule has 142 valence electrons. The Morgan fingerprint density at radius 1 is 0.893 bits per heavy atom. The normalized spacial score (nSPS) is 15.3. The first-order valence-electron chi connectivity index (χ1n) is 9.10. The number of hydrogen-bond acceptors (Lipinski definition) is 4. The highest BCUT2D eigenvalue weighted by Gasteiger charge is 2.38. The predicted octanol–water partition coefficient (Wildman–Crippen LogP) is 4.78. The van der Waals surface area contributed by atoms with Crippen LogP contribution in [-0.4, -0.2) is 20.1 Å². The molecule has 1 atom stereocenters. The third-order valence-corrected chi connectivity index (χ3v) is 4.99. The zero-order valence-electron chi connectivity index (χ0n) is 16.1. The number of rotatable bonds is 5. The lowest BCUT2D eigenvalue weighted by atomic mass is 10.1. The molecule has 5 heteroatoms. The maximum atomic E-state index is 13.2. The Bertz CT molecular complexity index is 1010. The molecule has 0 saturated heterocycles. The number of carbonyl (C=O) groups is 1. The van der Waals surface area contributed by atoms with Gasteiger partial charge in [0.15, 0.2) is 0 Å². The van der Waals surface area contributed by atoms with Crippen LogP contribution < -0.4 is 19.7 Å².